The van der Waals surface area contributed by atoms with Gasteiger partial charge in [0.05, 0.1) is 17.0 Å². The van der Waals surface area contributed by atoms with E-state index in [2.05, 4.69) is 9.71 Å². The summed E-state index contributed by atoms with van der Waals surface area (Å²) >= 11 is 2.96. The first kappa shape index (κ1) is 21.5. The fraction of sp³-hybridized carbons (Fsp3) is 0.0909. The molecule has 9 heteroatoms. The van der Waals surface area contributed by atoms with Crippen LogP contribution in [-0.2, 0) is 15.8 Å². The molecule has 4 aromatic rings. The van der Waals surface area contributed by atoms with Crippen LogP contribution in [0.15, 0.2) is 77.3 Å². The molecule has 2 aromatic carbocycles. The van der Waals surface area contributed by atoms with E-state index in [4.69, 9.17) is 4.98 Å². The highest BCUT2D eigenvalue weighted by molar-refractivity contribution is 7.98. The second kappa shape index (κ2) is 9.17. The van der Waals surface area contributed by atoms with Gasteiger partial charge in [-0.25, -0.2) is 22.8 Å². The van der Waals surface area contributed by atoms with Gasteiger partial charge in [-0.1, -0.05) is 30.3 Å². The average molecular weight is 472 g/mol. The summed E-state index contributed by atoms with van der Waals surface area (Å²) in [6.07, 6.45) is 2.84. The largest absolute Gasteiger partial charge is 0.284 e. The summed E-state index contributed by atoms with van der Waals surface area (Å²) < 4.78 is 39.3. The average Bonchev–Trinajstić information content (AvgIpc) is 3.23. The van der Waals surface area contributed by atoms with Crippen LogP contribution in [0.5, 0.6) is 0 Å². The number of hydrogen-bond donors (Lipinski definition) is 1. The Morgan fingerprint density at radius 3 is 2.71 bits per heavy atom. The van der Waals surface area contributed by atoms with E-state index in [0.29, 0.717) is 17.0 Å². The number of halogens is 1. The summed E-state index contributed by atoms with van der Waals surface area (Å²) in [5, 5.41) is 3.55. The summed E-state index contributed by atoms with van der Waals surface area (Å²) in [4.78, 5) is 9.08. The lowest BCUT2D eigenvalue weighted by Gasteiger charge is -2.05. The van der Waals surface area contributed by atoms with Crippen molar-refractivity contribution in [2.45, 2.75) is 10.8 Å². The molecule has 2 aromatic heterocycles. The molecule has 0 aliphatic carbocycles. The number of aromatic nitrogens is 2. The zero-order chi connectivity index (χ0) is 21.8. The Hall–Kier alpha value is -2.75. The molecule has 0 aliphatic rings. The van der Waals surface area contributed by atoms with Crippen LogP contribution >= 0.6 is 23.1 Å². The quantitative estimate of drug-likeness (QED) is 0.351. The molecule has 0 radical (unpaired) electrons. The van der Waals surface area contributed by atoms with Crippen molar-refractivity contribution in [3.63, 3.8) is 0 Å². The van der Waals surface area contributed by atoms with Crippen molar-refractivity contribution in [1.29, 1.82) is 0 Å². The van der Waals surface area contributed by atoms with Crippen molar-refractivity contribution in [3.8, 4) is 21.8 Å². The van der Waals surface area contributed by atoms with Crippen LogP contribution < -0.4 is 4.72 Å². The number of nitrogens with zero attached hydrogens (tertiary/aromatic N) is 2. The predicted octanol–water partition coefficient (Wildman–Crippen LogP) is 5.68. The summed E-state index contributed by atoms with van der Waals surface area (Å²) in [5.74, 6) is 0.273. The number of hydrogen-bond acceptors (Lipinski definition) is 6. The monoisotopic (exact) mass is 471 g/mol. The molecule has 2 heterocycles. The lowest BCUT2D eigenvalue weighted by molar-refractivity contribution is 0.607. The van der Waals surface area contributed by atoms with Crippen molar-refractivity contribution in [1.82, 2.24) is 9.97 Å². The zero-order valence-electron chi connectivity index (χ0n) is 16.4. The van der Waals surface area contributed by atoms with Crippen LogP contribution in [0.4, 0.5) is 10.1 Å². The molecule has 0 saturated heterocycles. The summed E-state index contributed by atoms with van der Waals surface area (Å²) in [6, 6.07) is 17.7. The normalized spacial score (nSPS) is 11.4. The van der Waals surface area contributed by atoms with Crippen molar-refractivity contribution < 1.29 is 12.8 Å². The minimum Gasteiger partial charge on any atom is -0.284 e. The van der Waals surface area contributed by atoms with E-state index in [9.17, 15) is 12.8 Å². The van der Waals surface area contributed by atoms with Crippen molar-refractivity contribution in [2.24, 2.45) is 0 Å². The Labute approximate surface area is 188 Å². The molecule has 4 rings (SSSR count). The van der Waals surface area contributed by atoms with Crippen molar-refractivity contribution in [3.05, 3.63) is 83.6 Å². The standard InChI is InChI=1S/C22H18FN3O2S3/c1-31(27,28)26-18-7-4-6-15(11-18)20-14-30-22(25-20)16-9-10-24-21(12-16)29-13-17-5-2-3-8-19(17)23/h2-12,14,26H,13H2,1H3. The van der Waals surface area contributed by atoms with Gasteiger partial charge in [-0.3, -0.25) is 4.72 Å². The molecular weight excluding hydrogens is 453 g/mol. The fourth-order valence-electron chi connectivity index (χ4n) is 2.88. The van der Waals surface area contributed by atoms with Gasteiger partial charge < -0.3 is 0 Å². The van der Waals surface area contributed by atoms with Crippen LogP contribution in [0.25, 0.3) is 21.8 Å². The highest BCUT2D eigenvalue weighted by Crippen LogP contribution is 2.32. The first-order valence-electron chi connectivity index (χ1n) is 9.24. The van der Waals surface area contributed by atoms with E-state index in [1.165, 1.54) is 29.2 Å². The first-order chi connectivity index (χ1) is 14.9. The third-order valence-corrected chi connectivity index (χ3v) is 6.75. The molecule has 5 nitrogen and oxygen atoms in total. The molecule has 0 aliphatic heterocycles. The van der Waals surface area contributed by atoms with Crippen LogP contribution in [0.2, 0.25) is 0 Å². The molecule has 0 saturated carbocycles. The van der Waals surface area contributed by atoms with Crippen LogP contribution in [0, 0.1) is 5.82 Å². The van der Waals surface area contributed by atoms with E-state index in [1.54, 1.807) is 36.5 Å². The lowest BCUT2D eigenvalue weighted by Crippen LogP contribution is -2.09. The number of pyridine rings is 1. The Morgan fingerprint density at radius 1 is 1.06 bits per heavy atom. The van der Waals surface area contributed by atoms with Crippen LogP contribution in [0.3, 0.4) is 0 Å². The smallest absolute Gasteiger partial charge is 0.229 e. The Bertz CT molecular complexity index is 1320. The highest BCUT2D eigenvalue weighted by atomic mass is 32.2. The van der Waals surface area contributed by atoms with E-state index < -0.39 is 10.0 Å². The molecule has 0 fully saturated rings. The van der Waals surface area contributed by atoms with Gasteiger partial charge in [-0.05, 0) is 35.9 Å². The van der Waals surface area contributed by atoms with Crippen molar-refractivity contribution >= 4 is 38.8 Å². The second-order valence-corrected chi connectivity index (χ2v) is 10.4. The molecule has 158 valence electrons. The maximum absolute atomic E-state index is 13.8. The van der Waals surface area contributed by atoms with Gasteiger partial charge in [-0.15, -0.1) is 23.1 Å². The molecule has 1 N–H and O–H groups in total. The number of sulfonamides is 1. The molecule has 0 bridgehead atoms. The van der Waals surface area contributed by atoms with Gasteiger partial charge in [0.1, 0.15) is 10.8 Å². The predicted molar refractivity (Wildman–Crippen MR) is 125 cm³/mol. The second-order valence-electron chi connectivity index (χ2n) is 6.76. The van der Waals surface area contributed by atoms with Crippen LogP contribution in [0.1, 0.15) is 5.56 Å². The maximum atomic E-state index is 13.8. The number of rotatable bonds is 7. The summed E-state index contributed by atoms with van der Waals surface area (Å²) in [6.45, 7) is 0. The van der Waals surface area contributed by atoms with E-state index in [1.807, 2.05) is 29.6 Å². The molecule has 0 atom stereocenters. The van der Waals surface area contributed by atoms with E-state index >= 15 is 0 Å². The lowest BCUT2D eigenvalue weighted by atomic mass is 10.1. The number of anilines is 1. The Balaban J connectivity index is 1.52. The number of nitrogens with one attached hydrogen (secondary N) is 1. The number of benzene rings is 2. The van der Waals surface area contributed by atoms with Gasteiger partial charge >= 0.3 is 0 Å². The number of thioether (sulfide) groups is 1. The zero-order valence-corrected chi connectivity index (χ0v) is 18.9. The van der Waals surface area contributed by atoms with E-state index in [0.717, 1.165) is 33.1 Å². The Morgan fingerprint density at radius 2 is 1.90 bits per heavy atom. The third-order valence-electron chi connectivity index (χ3n) is 4.28. The molecular formula is C22H18FN3O2S3. The first-order valence-corrected chi connectivity index (χ1v) is 13.0. The minimum atomic E-state index is -3.35. The molecule has 31 heavy (non-hydrogen) atoms. The van der Waals surface area contributed by atoms with Gasteiger partial charge in [0.2, 0.25) is 10.0 Å². The van der Waals surface area contributed by atoms with Crippen molar-refractivity contribution in [2.75, 3.05) is 11.0 Å². The van der Waals surface area contributed by atoms with Crippen LogP contribution in [-0.4, -0.2) is 24.6 Å². The molecule has 0 spiro atoms. The molecule has 0 amide bonds. The fourth-order valence-corrected chi connectivity index (χ4v) is 5.15. The summed E-state index contributed by atoms with van der Waals surface area (Å²) in [5.41, 5.74) is 3.63. The SMILES string of the molecule is CS(=O)(=O)Nc1cccc(-c2csc(-c3ccnc(SCc4ccccc4F)c3)n2)c1. The van der Waals surface area contributed by atoms with Gasteiger partial charge in [0.25, 0.3) is 0 Å². The minimum absolute atomic E-state index is 0.219. The topological polar surface area (TPSA) is 72.0 Å². The third kappa shape index (κ3) is 5.69. The molecule has 0 unspecified atom stereocenters. The van der Waals surface area contributed by atoms with Gasteiger partial charge in [-0.2, -0.15) is 0 Å². The Kier molecular flexibility index (Phi) is 6.35. The maximum Gasteiger partial charge on any atom is 0.229 e. The van der Waals surface area contributed by atoms with Gasteiger partial charge in [0.15, 0.2) is 0 Å². The summed E-state index contributed by atoms with van der Waals surface area (Å²) in [7, 11) is -3.35. The van der Waals surface area contributed by atoms with E-state index in [-0.39, 0.29) is 5.82 Å². The highest BCUT2D eigenvalue weighted by Gasteiger charge is 2.10. The van der Waals surface area contributed by atoms with Gasteiger partial charge in [0, 0.05) is 34.1 Å². The number of thiazole rings is 1.